The van der Waals surface area contributed by atoms with E-state index < -0.39 is 0 Å². The molecule has 0 unspecified atom stereocenters. The van der Waals surface area contributed by atoms with Crippen LogP contribution in [0.15, 0.2) is 0 Å². The predicted molar refractivity (Wildman–Crippen MR) is 37.8 cm³/mol. The van der Waals surface area contributed by atoms with Crippen LogP contribution in [0.4, 0.5) is 0 Å². The topological polar surface area (TPSA) is 26.3 Å². The summed E-state index contributed by atoms with van der Waals surface area (Å²) in [5, 5.41) is 0. The molecule has 0 aliphatic heterocycles. The van der Waals surface area contributed by atoms with Crippen LogP contribution in [0.3, 0.4) is 0 Å². The van der Waals surface area contributed by atoms with Crippen molar-refractivity contribution in [1.82, 2.24) is 0 Å². The second-order valence-electron chi connectivity index (χ2n) is 2.05. The van der Waals surface area contributed by atoms with E-state index in [2.05, 4.69) is 0 Å². The maximum absolute atomic E-state index is 10.7. The van der Waals surface area contributed by atoms with E-state index in [1.165, 1.54) is 0 Å². The van der Waals surface area contributed by atoms with Crippen molar-refractivity contribution in [1.29, 1.82) is 0 Å². The monoisotopic (exact) mass is 246 g/mol. The first-order valence-electron chi connectivity index (χ1n) is 2.96. The summed E-state index contributed by atoms with van der Waals surface area (Å²) in [4.78, 5) is 10.7. The van der Waals surface area contributed by atoms with Gasteiger partial charge in [0.2, 0.25) is 0 Å². The molecule has 0 N–H and O–H groups in total. The molecule has 0 saturated heterocycles. The third kappa shape index (κ3) is 4.74. The molecule has 0 rings (SSSR count). The fraction of sp³-hybridized carbons (Fsp3) is 0.833. The Hall–Kier alpha value is 0.260. The van der Waals surface area contributed by atoms with Crippen LogP contribution in [0, 0.1) is 5.92 Å². The van der Waals surface area contributed by atoms with Crippen molar-refractivity contribution in [2.75, 3.05) is 6.61 Å². The molecule has 54 valence electrons. The van der Waals surface area contributed by atoms with Gasteiger partial charge in [-0.25, -0.2) is 0 Å². The minimum absolute atomic E-state index is 0.0162. The first-order chi connectivity index (χ1) is 4.18. The number of esters is 1. The Kier molecular flexibility index (Phi) is 5.22. The Balaban J connectivity index is 3.28. The van der Waals surface area contributed by atoms with Crippen LogP contribution < -0.4 is 0 Å². The standard InChI is InChI=1S/C6H12O2Te/c1-5(2)6(7)8-3-4-9/h5,9H,3-4H2,1-2H3. The summed E-state index contributed by atoms with van der Waals surface area (Å²) in [6.45, 7) is 4.25. The van der Waals surface area contributed by atoms with Gasteiger partial charge in [0.15, 0.2) is 0 Å². The number of rotatable bonds is 3. The third-order valence-corrected chi connectivity index (χ3v) is 1.33. The molecule has 2 nitrogen and oxygen atoms in total. The van der Waals surface area contributed by atoms with Gasteiger partial charge in [-0.15, -0.1) is 0 Å². The second-order valence-corrected chi connectivity index (χ2v) is 3.32. The van der Waals surface area contributed by atoms with Crippen LogP contribution in [0.2, 0.25) is 4.47 Å². The van der Waals surface area contributed by atoms with Crippen molar-refractivity contribution in [3.8, 4) is 0 Å². The second kappa shape index (κ2) is 5.08. The fourth-order valence-electron chi connectivity index (χ4n) is 0.313. The molecule has 0 saturated carbocycles. The van der Waals surface area contributed by atoms with Gasteiger partial charge in [0.1, 0.15) is 0 Å². The normalized spacial score (nSPS) is 9.78. The van der Waals surface area contributed by atoms with E-state index in [-0.39, 0.29) is 11.9 Å². The van der Waals surface area contributed by atoms with E-state index >= 15 is 0 Å². The van der Waals surface area contributed by atoms with Gasteiger partial charge in [0, 0.05) is 0 Å². The van der Waals surface area contributed by atoms with Gasteiger partial charge in [-0.1, -0.05) is 0 Å². The number of hydrogen-bond acceptors (Lipinski definition) is 2. The summed E-state index contributed by atoms with van der Waals surface area (Å²) in [7, 11) is 0. The maximum atomic E-state index is 10.7. The van der Waals surface area contributed by atoms with Crippen LogP contribution in [-0.2, 0) is 9.53 Å². The van der Waals surface area contributed by atoms with Crippen molar-refractivity contribution in [3.63, 3.8) is 0 Å². The quantitative estimate of drug-likeness (QED) is 0.533. The Morgan fingerprint density at radius 2 is 2.22 bits per heavy atom. The molecule has 0 bridgehead atoms. The molecule has 0 spiro atoms. The SMILES string of the molecule is CC(C)C(=O)OCC[TeH]. The van der Waals surface area contributed by atoms with Gasteiger partial charge in [-0.2, -0.15) is 0 Å². The van der Waals surface area contributed by atoms with Crippen LogP contribution in [-0.4, -0.2) is 34.9 Å². The average molecular weight is 244 g/mol. The van der Waals surface area contributed by atoms with Crippen LogP contribution >= 0.6 is 0 Å². The van der Waals surface area contributed by atoms with Gasteiger partial charge in [-0.05, 0) is 0 Å². The first kappa shape index (κ1) is 9.26. The minimum atomic E-state index is -0.0921. The molecule has 0 fully saturated rings. The molecule has 0 aliphatic carbocycles. The molecule has 9 heavy (non-hydrogen) atoms. The summed E-state index contributed by atoms with van der Waals surface area (Å²) >= 11 is 1.67. The van der Waals surface area contributed by atoms with E-state index in [0.29, 0.717) is 6.61 Å². The fourth-order valence-corrected chi connectivity index (χ4v) is 0.573. The van der Waals surface area contributed by atoms with Crippen molar-refractivity contribution in [3.05, 3.63) is 0 Å². The van der Waals surface area contributed by atoms with Gasteiger partial charge in [-0.3, -0.25) is 0 Å². The number of carbonyl (C=O) groups is 1. The number of carbonyl (C=O) groups excluding carboxylic acids is 1. The molecular weight excluding hydrogens is 232 g/mol. The molecule has 0 aromatic carbocycles. The Morgan fingerprint density at radius 3 is 2.56 bits per heavy atom. The third-order valence-electron chi connectivity index (χ3n) is 0.807. The van der Waals surface area contributed by atoms with Crippen molar-refractivity contribution < 1.29 is 9.53 Å². The Labute approximate surface area is 68.9 Å². The van der Waals surface area contributed by atoms with Gasteiger partial charge < -0.3 is 0 Å². The summed E-state index contributed by atoms with van der Waals surface area (Å²) in [6.07, 6.45) is 0. The summed E-state index contributed by atoms with van der Waals surface area (Å²) in [5.41, 5.74) is 0. The molecule has 0 amide bonds. The molecule has 0 heterocycles. The Morgan fingerprint density at radius 1 is 1.67 bits per heavy atom. The van der Waals surface area contributed by atoms with Crippen LogP contribution in [0.1, 0.15) is 13.8 Å². The molecular formula is C6H12O2Te. The van der Waals surface area contributed by atoms with Gasteiger partial charge >= 0.3 is 68.6 Å². The molecule has 0 aromatic heterocycles. The molecule has 0 aromatic rings. The zero-order valence-corrected chi connectivity index (χ0v) is 8.31. The molecule has 0 radical (unpaired) electrons. The first-order valence-corrected chi connectivity index (χ1v) is 4.76. The van der Waals surface area contributed by atoms with Crippen LogP contribution in [0.5, 0.6) is 0 Å². The van der Waals surface area contributed by atoms with E-state index in [9.17, 15) is 4.79 Å². The van der Waals surface area contributed by atoms with Gasteiger partial charge in [0.25, 0.3) is 0 Å². The van der Waals surface area contributed by atoms with Crippen molar-refractivity contribution in [2.24, 2.45) is 5.92 Å². The zero-order chi connectivity index (χ0) is 7.28. The number of ether oxygens (including phenoxy) is 1. The molecule has 0 aliphatic rings. The zero-order valence-electron chi connectivity index (χ0n) is 5.76. The summed E-state index contributed by atoms with van der Waals surface area (Å²) < 4.78 is 5.78. The number of hydrogen-bond donors (Lipinski definition) is 0. The predicted octanol–water partition coefficient (Wildman–Crippen LogP) is 0.505. The molecule has 3 heteroatoms. The summed E-state index contributed by atoms with van der Waals surface area (Å²) in [6, 6.07) is 0. The van der Waals surface area contributed by atoms with Crippen molar-refractivity contribution >= 4 is 28.3 Å². The molecule has 0 atom stereocenters. The van der Waals surface area contributed by atoms with E-state index in [1.807, 2.05) is 13.8 Å². The van der Waals surface area contributed by atoms with Gasteiger partial charge in [0.05, 0.1) is 0 Å². The Bertz CT molecular complexity index is 91.1. The van der Waals surface area contributed by atoms with E-state index in [0.717, 1.165) is 4.47 Å². The van der Waals surface area contributed by atoms with E-state index in [1.54, 1.807) is 22.3 Å². The van der Waals surface area contributed by atoms with Crippen LogP contribution in [0.25, 0.3) is 0 Å². The van der Waals surface area contributed by atoms with E-state index in [4.69, 9.17) is 4.74 Å². The van der Waals surface area contributed by atoms with Crippen molar-refractivity contribution in [2.45, 2.75) is 18.3 Å². The summed E-state index contributed by atoms with van der Waals surface area (Å²) in [5.74, 6) is -0.0759. The average Bonchev–Trinajstić information content (AvgIpc) is 1.82.